The normalized spacial score (nSPS) is 15.6. The van der Waals surface area contributed by atoms with Crippen LogP contribution in [0, 0.1) is 11.8 Å². The number of hydrogen-bond donors (Lipinski definition) is 2. The molecule has 1 fully saturated rings. The topological polar surface area (TPSA) is 78.5 Å². The summed E-state index contributed by atoms with van der Waals surface area (Å²) in [4.78, 5) is 40.8. The summed E-state index contributed by atoms with van der Waals surface area (Å²) >= 11 is 1.44. The maximum absolute atomic E-state index is 12.9. The molecule has 0 bridgehead atoms. The number of piperidine rings is 1. The lowest BCUT2D eigenvalue weighted by molar-refractivity contribution is -0.124. The first-order chi connectivity index (χ1) is 14.5. The second-order valence-electron chi connectivity index (χ2n) is 8.06. The first-order valence-corrected chi connectivity index (χ1v) is 11.3. The van der Waals surface area contributed by atoms with Crippen LogP contribution in [0.2, 0.25) is 0 Å². The van der Waals surface area contributed by atoms with Crippen LogP contribution >= 0.6 is 11.3 Å². The Bertz CT molecular complexity index is 844. The van der Waals surface area contributed by atoms with Crippen molar-refractivity contribution in [3.05, 3.63) is 58.3 Å². The second kappa shape index (κ2) is 10.4. The van der Waals surface area contributed by atoms with Gasteiger partial charge in [0.2, 0.25) is 5.91 Å². The highest BCUT2D eigenvalue weighted by molar-refractivity contribution is 7.12. The van der Waals surface area contributed by atoms with Gasteiger partial charge in [0.1, 0.15) is 6.04 Å². The van der Waals surface area contributed by atoms with Crippen LogP contribution in [0.4, 0.5) is 0 Å². The van der Waals surface area contributed by atoms with Crippen LogP contribution in [-0.4, -0.2) is 48.3 Å². The number of nitrogens with one attached hydrogen (secondary N) is 2. The van der Waals surface area contributed by atoms with Gasteiger partial charge in [-0.2, -0.15) is 0 Å². The van der Waals surface area contributed by atoms with E-state index in [1.807, 2.05) is 42.3 Å². The third-order valence-corrected chi connectivity index (χ3v) is 6.18. The smallest absolute Gasteiger partial charge is 0.263 e. The number of likely N-dealkylation sites (tertiary alicyclic amines) is 1. The van der Waals surface area contributed by atoms with Crippen LogP contribution in [0.5, 0.6) is 0 Å². The van der Waals surface area contributed by atoms with Crippen LogP contribution in [-0.2, 0) is 4.79 Å². The quantitative estimate of drug-likeness (QED) is 0.712. The third kappa shape index (κ3) is 5.69. The molecule has 1 aliphatic heterocycles. The van der Waals surface area contributed by atoms with Gasteiger partial charge in [-0.15, -0.1) is 11.3 Å². The lowest BCUT2D eigenvalue weighted by atomic mass is 9.88. The molecule has 3 rings (SSSR count). The zero-order chi connectivity index (χ0) is 21.5. The fraction of sp³-hybridized carbons (Fsp3) is 0.435. The van der Waals surface area contributed by atoms with Gasteiger partial charge in [-0.05, 0) is 48.3 Å². The Morgan fingerprint density at radius 1 is 1.07 bits per heavy atom. The van der Waals surface area contributed by atoms with E-state index in [2.05, 4.69) is 10.6 Å². The molecule has 0 saturated carbocycles. The number of rotatable bonds is 7. The van der Waals surface area contributed by atoms with Crippen LogP contribution < -0.4 is 10.6 Å². The van der Waals surface area contributed by atoms with Gasteiger partial charge in [-0.25, -0.2) is 0 Å². The fourth-order valence-corrected chi connectivity index (χ4v) is 4.31. The molecule has 1 aromatic heterocycles. The summed E-state index contributed by atoms with van der Waals surface area (Å²) in [6.45, 7) is 5.79. The van der Waals surface area contributed by atoms with E-state index in [1.54, 1.807) is 24.3 Å². The first kappa shape index (κ1) is 22.0. The number of benzene rings is 1. The Balaban J connectivity index is 1.66. The van der Waals surface area contributed by atoms with Crippen molar-refractivity contribution in [2.45, 2.75) is 32.7 Å². The molecule has 30 heavy (non-hydrogen) atoms. The average molecular weight is 428 g/mol. The molecular weight excluding hydrogens is 398 g/mol. The van der Waals surface area contributed by atoms with Gasteiger partial charge in [0.15, 0.2) is 0 Å². The minimum atomic E-state index is -0.615. The standard InChI is InChI=1S/C23H29N3O3S/c1-16(2)15-24-22(28)20(25-21(27)18-7-4-3-5-8-18)17-10-12-26(13-11-17)23(29)19-9-6-14-30-19/h3-9,14,16-17,20H,10-13,15H2,1-2H3,(H,24,28)(H,25,27)/t20-/m0/s1. The predicted molar refractivity (Wildman–Crippen MR) is 118 cm³/mol. The third-order valence-electron chi connectivity index (χ3n) is 5.32. The Labute approximate surface area is 181 Å². The highest BCUT2D eigenvalue weighted by Gasteiger charge is 2.34. The minimum absolute atomic E-state index is 0.0165. The van der Waals surface area contributed by atoms with Gasteiger partial charge in [0, 0.05) is 25.2 Å². The number of amides is 3. The van der Waals surface area contributed by atoms with Gasteiger partial charge in [-0.3, -0.25) is 14.4 Å². The van der Waals surface area contributed by atoms with Crippen molar-refractivity contribution in [1.82, 2.24) is 15.5 Å². The molecule has 3 amide bonds. The van der Waals surface area contributed by atoms with Crippen LogP contribution in [0.25, 0.3) is 0 Å². The molecule has 7 heteroatoms. The lowest BCUT2D eigenvalue weighted by Gasteiger charge is -2.35. The van der Waals surface area contributed by atoms with Crippen LogP contribution in [0.3, 0.4) is 0 Å². The zero-order valence-electron chi connectivity index (χ0n) is 17.5. The summed E-state index contributed by atoms with van der Waals surface area (Å²) in [5, 5.41) is 7.80. The number of carbonyl (C=O) groups excluding carboxylic acids is 3. The van der Waals surface area contributed by atoms with E-state index in [9.17, 15) is 14.4 Å². The fourth-order valence-electron chi connectivity index (χ4n) is 3.62. The molecule has 2 heterocycles. The van der Waals surface area contributed by atoms with Crippen LogP contribution in [0.15, 0.2) is 47.8 Å². The Morgan fingerprint density at radius 2 is 1.77 bits per heavy atom. The zero-order valence-corrected chi connectivity index (χ0v) is 18.3. The molecule has 1 saturated heterocycles. The summed E-state index contributed by atoms with van der Waals surface area (Å²) < 4.78 is 0. The highest BCUT2D eigenvalue weighted by atomic mass is 32.1. The first-order valence-electron chi connectivity index (χ1n) is 10.4. The summed E-state index contributed by atoms with van der Waals surface area (Å²) in [6, 6.07) is 12.0. The maximum Gasteiger partial charge on any atom is 0.263 e. The van der Waals surface area contributed by atoms with Crippen molar-refractivity contribution in [3.63, 3.8) is 0 Å². The molecule has 160 valence electrons. The van der Waals surface area contributed by atoms with Gasteiger partial charge < -0.3 is 15.5 Å². The Hall–Kier alpha value is -2.67. The van der Waals surface area contributed by atoms with Crippen molar-refractivity contribution in [2.24, 2.45) is 11.8 Å². The lowest BCUT2D eigenvalue weighted by Crippen LogP contribution is -2.54. The predicted octanol–water partition coefficient (Wildman–Crippen LogP) is 3.17. The van der Waals surface area contributed by atoms with E-state index in [1.165, 1.54) is 11.3 Å². The molecule has 0 unspecified atom stereocenters. The van der Waals surface area contributed by atoms with Crippen molar-refractivity contribution in [1.29, 1.82) is 0 Å². The Morgan fingerprint density at radius 3 is 2.37 bits per heavy atom. The molecule has 6 nitrogen and oxygen atoms in total. The molecule has 1 aliphatic rings. The van der Waals surface area contributed by atoms with Crippen LogP contribution in [0.1, 0.15) is 46.7 Å². The summed E-state index contributed by atoms with van der Waals surface area (Å²) in [5.74, 6) is -0.0621. The summed E-state index contributed by atoms with van der Waals surface area (Å²) in [7, 11) is 0. The number of nitrogens with zero attached hydrogens (tertiary/aromatic N) is 1. The van der Waals surface area contributed by atoms with E-state index in [4.69, 9.17) is 0 Å². The number of thiophene rings is 1. The van der Waals surface area contributed by atoms with E-state index in [-0.39, 0.29) is 23.6 Å². The van der Waals surface area contributed by atoms with Crippen molar-refractivity contribution < 1.29 is 14.4 Å². The van der Waals surface area contributed by atoms with Crippen molar-refractivity contribution in [3.8, 4) is 0 Å². The average Bonchev–Trinajstić information content (AvgIpc) is 3.31. The SMILES string of the molecule is CC(C)CNC(=O)[C@@H](NC(=O)c1ccccc1)C1CCN(C(=O)c2cccs2)CC1. The highest BCUT2D eigenvalue weighted by Crippen LogP contribution is 2.24. The molecule has 1 aromatic carbocycles. The van der Waals surface area contributed by atoms with Gasteiger partial charge >= 0.3 is 0 Å². The minimum Gasteiger partial charge on any atom is -0.354 e. The van der Waals surface area contributed by atoms with Gasteiger partial charge in [0.25, 0.3) is 11.8 Å². The van der Waals surface area contributed by atoms with E-state index < -0.39 is 6.04 Å². The largest absolute Gasteiger partial charge is 0.354 e. The monoisotopic (exact) mass is 427 g/mol. The number of carbonyl (C=O) groups is 3. The van der Waals surface area contributed by atoms with Gasteiger partial charge in [-0.1, -0.05) is 38.1 Å². The molecule has 2 N–H and O–H groups in total. The molecule has 2 aromatic rings. The van der Waals surface area contributed by atoms with E-state index in [0.29, 0.717) is 44.0 Å². The van der Waals surface area contributed by atoms with Crippen molar-refractivity contribution in [2.75, 3.05) is 19.6 Å². The second-order valence-corrected chi connectivity index (χ2v) is 9.01. The maximum atomic E-state index is 12.9. The summed E-state index contributed by atoms with van der Waals surface area (Å²) in [6.07, 6.45) is 1.35. The molecular formula is C23H29N3O3S. The summed E-state index contributed by atoms with van der Waals surface area (Å²) in [5.41, 5.74) is 0.532. The number of hydrogen-bond acceptors (Lipinski definition) is 4. The van der Waals surface area contributed by atoms with Crippen molar-refractivity contribution >= 4 is 29.1 Å². The molecule has 0 aliphatic carbocycles. The van der Waals surface area contributed by atoms with E-state index >= 15 is 0 Å². The Kier molecular flexibility index (Phi) is 7.63. The molecule has 0 spiro atoms. The van der Waals surface area contributed by atoms with E-state index in [0.717, 1.165) is 4.88 Å². The van der Waals surface area contributed by atoms with Gasteiger partial charge in [0.05, 0.1) is 4.88 Å². The molecule has 1 atom stereocenters. The molecule has 0 radical (unpaired) electrons.